The van der Waals surface area contributed by atoms with Crippen molar-refractivity contribution in [2.75, 3.05) is 6.61 Å². The van der Waals surface area contributed by atoms with E-state index in [9.17, 15) is 14.7 Å². The number of fused-ring (bicyclic) bond motifs is 6. The number of aliphatic carboxylic acids is 1. The van der Waals surface area contributed by atoms with Crippen LogP contribution in [0.5, 0.6) is 0 Å². The van der Waals surface area contributed by atoms with Crippen LogP contribution in [0.25, 0.3) is 17.7 Å². The highest BCUT2D eigenvalue weighted by Gasteiger charge is 2.38. The standard InChI is InChI=1S/C38H48N4O4/c1-7-9-10-11-14-46-23(6)27-15-24-16-29-21(4)26(12-13-35(44)45)37(41-29)28-17-34(43)36-22(5)31(42-38(28)36)19-32-25(8-2)20(3)30(40-32)18-33(27)39-24/h15-16,19,21,23,26,30,39,42H,7-14,17-18H2,1-6H3,(H,44,45)/t21?,23?,26-,30?/m0/s1. The Kier molecular flexibility index (Phi) is 9.19. The van der Waals surface area contributed by atoms with Crippen molar-refractivity contribution in [3.8, 4) is 0 Å². The summed E-state index contributed by atoms with van der Waals surface area (Å²) < 4.78 is 6.38. The quantitative estimate of drug-likeness (QED) is 0.246. The van der Waals surface area contributed by atoms with E-state index >= 15 is 0 Å². The van der Waals surface area contributed by atoms with Crippen LogP contribution < -0.4 is 10.7 Å². The average Bonchev–Trinajstić information content (AvgIpc) is 3.79. The molecule has 0 saturated carbocycles. The number of hydrogen-bond acceptors (Lipinski definition) is 5. The molecule has 6 rings (SSSR count). The number of nitrogens with one attached hydrogen (secondary N) is 2. The maximum absolute atomic E-state index is 13.5. The predicted molar refractivity (Wildman–Crippen MR) is 184 cm³/mol. The van der Waals surface area contributed by atoms with Crippen LogP contribution in [-0.2, 0) is 16.0 Å². The van der Waals surface area contributed by atoms with Gasteiger partial charge in [-0.25, -0.2) is 0 Å². The van der Waals surface area contributed by atoms with Gasteiger partial charge in [0.2, 0.25) is 0 Å². The van der Waals surface area contributed by atoms with Crippen LogP contribution in [0.15, 0.2) is 32.9 Å². The molecule has 8 heteroatoms. The lowest BCUT2D eigenvalue weighted by Gasteiger charge is -2.18. The lowest BCUT2D eigenvalue weighted by molar-refractivity contribution is -0.137. The van der Waals surface area contributed by atoms with E-state index in [1.54, 1.807) is 0 Å². The Labute approximate surface area is 271 Å². The van der Waals surface area contributed by atoms with Gasteiger partial charge >= 0.3 is 5.97 Å². The first-order valence-corrected chi connectivity index (χ1v) is 17.2. The second-order valence-corrected chi connectivity index (χ2v) is 13.5. The Bertz CT molecular complexity index is 1810. The number of unbranched alkanes of at least 4 members (excludes halogenated alkanes) is 3. The summed E-state index contributed by atoms with van der Waals surface area (Å²) in [6, 6.07) is 2.20. The van der Waals surface area contributed by atoms with Crippen molar-refractivity contribution >= 4 is 40.9 Å². The van der Waals surface area contributed by atoms with Crippen molar-refractivity contribution in [3.05, 3.63) is 61.7 Å². The van der Waals surface area contributed by atoms with E-state index in [4.69, 9.17) is 14.7 Å². The second kappa shape index (κ2) is 13.1. The SMILES string of the molecule is CCCCCCOC(C)c1cc2[nH]c1CC1N=C(C=c3[nH]c4c(c3C)C(=O)CC=4C3=NC(=C2)C(C)[C@@H]3CCC(=O)O)C(CC)=C1C. The summed E-state index contributed by atoms with van der Waals surface area (Å²) >= 11 is 0. The van der Waals surface area contributed by atoms with Crippen LogP contribution >= 0.6 is 0 Å². The number of ketones is 1. The monoisotopic (exact) mass is 624 g/mol. The van der Waals surface area contributed by atoms with Crippen molar-refractivity contribution < 1.29 is 19.4 Å². The Morgan fingerprint density at radius 2 is 1.96 bits per heavy atom. The van der Waals surface area contributed by atoms with Gasteiger partial charge in [0.1, 0.15) is 0 Å². The number of aromatic nitrogens is 2. The fraction of sp³-hybridized carbons (Fsp3) is 0.526. The molecule has 0 spiro atoms. The van der Waals surface area contributed by atoms with Gasteiger partial charge in [-0.1, -0.05) is 40.0 Å². The third-order valence-electron chi connectivity index (χ3n) is 10.5. The Balaban J connectivity index is 1.51. The van der Waals surface area contributed by atoms with Crippen molar-refractivity contribution in [1.82, 2.24) is 9.97 Å². The summed E-state index contributed by atoms with van der Waals surface area (Å²) in [7, 11) is 0. The van der Waals surface area contributed by atoms with Gasteiger partial charge < -0.3 is 19.8 Å². The van der Waals surface area contributed by atoms with Crippen molar-refractivity contribution in [2.45, 2.75) is 111 Å². The minimum absolute atomic E-state index is 0.0000695. The average molecular weight is 625 g/mol. The van der Waals surface area contributed by atoms with E-state index in [1.165, 1.54) is 30.4 Å². The number of carboxylic acid groups (broad SMARTS) is 1. The first-order chi connectivity index (χ1) is 22.1. The van der Waals surface area contributed by atoms with Crippen LogP contribution in [-0.4, -0.2) is 50.9 Å². The number of nitrogens with zero attached hydrogens (tertiary/aromatic N) is 2. The van der Waals surface area contributed by atoms with Gasteiger partial charge in [-0.15, -0.1) is 0 Å². The zero-order valence-corrected chi connectivity index (χ0v) is 28.2. The van der Waals surface area contributed by atoms with Crippen molar-refractivity contribution in [2.24, 2.45) is 21.8 Å². The van der Waals surface area contributed by atoms with Crippen LogP contribution in [0.1, 0.15) is 125 Å². The number of Topliss-reactive ketones (excluding diaryl/α,β-unsaturated/α-hetero) is 1. The number of carbonyl (C=O) groups excluding carboxylic acids is 1. The van der Waals surface area contributed by atoms with Gasteiger partial charge in [-0.2, -0.15) is 0 Å². The highest BCUT2D eigenvalue weighted by atomic mass is 16.5. The van der Waals surface area contributed by atoms with E-state index in [2.05, 4.69) is 62.8 Å². The number of carbonyl (C=O) groups is 2. The number of hydrogen-bond donors (Lipinski definition) is 3. The third-order valence-corrected chi connectivity index (χ3v) is 10.5. The first-order valence-electron chi connectivity index (χ1n) is 17.2. The number of ether oxygens (including phenoxy) is 1. The molecule has 4 aliphatic rings. The van der Waals surface area contributed by atoms with E-state index in [-0.39, 0.29) is 42.6 Å². The molecule has 8 bridgehead atoms. The lowest BCUT2D eigenvalue weighted by atomic mass is 9.83. The third kappa shape index (κ3) is 5.92. The highest BCUT2D eigenvalue weighted by Crippen LogP contribution is 2.40. The fourth-order valence-electron chi connectivity index (χ4n) is 7.82. The van der Waals surface area contributed by atoms with Gasteiger partial charge in [0.05, 0.1) is 28.9 Å². The normalized spacial score (nSPS) is 22.7. The molecule has 3 aliphatic heterocycles. The van der Waals surface area contributed by atoms with Gasteiger partial charge in [0.15, 0.2) is 5.78 Å². The summed E-state index contributed by atoms with van der Waals surface area (Å²) in [6.45, 7) is 13.6. The maximum atomic E-state index is 13.5. The number of carboxylic acids is 1. The molecule has 2 aromatic heterocycles. The molecule has 0 aromatic carbocycles. The molecule has 1 aliphatic carbocycles. The van der Waals surface area contributed by atoms with Crippen molar-refractivity contribution in [1.29, 1.82) is 0 Å². The van der Waals surface area contributed by atoms with Gasteiger partial charge in [0, 0.05) is 76.8 Å². The summed E-state index contributed by atoms with van der Waals surface area (Å²) in [4.78, 5) is 42.9. The molecule has 3 N–H and O–H groups in total. The Morgan fingerprint density at radius 1 is 1.15 bits per heavy atom. The molecule has 5 heterocycles. The van der Waals surface area contributed by atoms with Gasteiger partial charge in [0.25, 0.3) is 0 Å². The van der Waals surface area contributed by atoms with E-state index in [0.717, 1.165) is 87.3 Å². The van der Waals surface area contributed by atoms with Crippen molar-refractivity contribution in [3.63, 3.8) is 0 Å². The van der Waals surface area contributed by atoms with E-state index in [1.807, 2.05) is 6.92 Å². The summed E-state index contributed by atoms with van der Waals surface area (Å²) in [5.74, 6) is -0.837. The highest BCUT2D eigenvalue weighted by molar-refractivity contribution is 6.29. The zero-order chi connectivity index (χ0) is 32.7. The second-order valence-electron chi connectivity index (χ2n) is 13.5. The number of aliphatic imine (C=N–C) groups is 2. The molecular weight excluding hydrogens is 576 g/mol. The minimum Gasteiger partial charge on any atom is -0.481 e. The van der Waals surface area contributed by atoms with Crippen LogP contribution in [0.3, 0.4) is 0 Å². The predicted octanol–water partition coefficient (Wildman–Crippen LogP) is 6.55. The summed E-state index contributed by atoms with van der Waals surface area (Å²) in [5, 5.41) is 11.3. The molecule has 0 saturated heterocycles. The topological polar surface area (TPSA) is 120 Å². The van der Waals surface area contributed by atoms with E-state index < -0.39 is 5.97 Å². The smallest absolute Gasteiger partial charge is 0.303 e. The number of H-pyrrole nitrogens is 2. The van der Waals surface area contributed by atoms with Crippen LogP contribution in [0.2, 0.25) is 0 Å². The molecule has 4 atom stereocenters. The van der Waals surface area contributed by atoms with E-state index in [0.29, 0.717) is 6.42 Å². The first kappa shape index (κ1) is 32.2. The Morgan fingerprint density at radius 3 is 2.70 bits per heavy atom. The molecular formula is C38H48N4O4. The molecule has 2 aromatic rings. The summed E-state index contributed by atoms with van der Waals surface area (Å²) in [5.41, 5.74) is 11.0. The maximum Gasteiger partial charge on any atom is 0.303 e. The lowest BCUT2D eigenvalue weighted by Crippen LogP contribution is -2.23. The zero-order valence-electron chi connectivity index (χ0n) is 28.2. The molecule has 0 amide bonds. The number of rotatable bonds is 11. The molecule has 46 heavy (non-hydrogen) atoms. The largest absolute Gasteiger partial charge is 0.481 e. The fourth-order valence-corrected chi connectivity index (χ4v) is 7.82. The molecule has 0 radical (unpaired) electrons. The van der Waals surface area contributed by atoms with Crippen LogP contribution in [0.4, 0.5) is 0 Å². The molecule has 0 fully saturated rings. The molecule has 8 nitrogen and oxygen atoms in total. The number of allylic oxidation sites excluding steroid dienone is 2. The molecule has 244 valence electrons. The number of aromatic amines is 2. The molecule has 3 unspecified atom stereocenters. The van der Waals surface area contributed by atoms with Gasteiger partial charge in [-0.05, 0) is 75.0 Å². The van der Waals surface area contributed by atoms with Crippen LogP contribution in [0, 0.1) is 18.8 Å². The van der Waals surface area contributed by atoms with Gasteiger partial charge in [-0.3, -0.25) is 19.6 Å². The minimum atomic E-state index is -0.823. The Hall–Kier alpha value is -3.78. The summed E-state index contributed by atoms with van der Waals surface area (Å²) in [6.07, 6.45) is 11.2.